The highest BCUT2D eigenvalue weighted by Gasteiger charge is 2.20. The molecule has 10 rings (SSSR count). The topological polar surface area (TPSA) is 101 Å². The van der Waals surface area contributed by atoms with E-state index in [1.807, 2.05) is 170 Å². The van der Waals surface area contributed by atoms with Crippen LogP contribution in [0.4, 0.5) is 0 Å². The average Bonchev–Trinajstić information content (AvgIpc) is 3.34. The molecule has 0 unspecified atom stereocenters. The monoisotopic (exact) mass is 767 g/mol. The zero-order chi connectivity index (χ0) is 40.3. The van der Waals surface area contributed by atoms with Gasteiger partial charge in [-0.3, -0.25) is 0 Å². The summed E-state index contributed by atoms with van der Waals surface area (Å²) in [5.74, 6) is 3.41. The molecular formula is C53H33N7. The summed E-state index contributed by atoms with van der Waals surface area (Å²) in [5.41, 5.74) is 9.25. The largest absolute Gasteiger partial charge is 0.208 e. The van der Waals surface area contributed by atoms with Crippen LogP contribution in [0.1, 0.15) is 5.56 Å². The predicted octanol–water partition coefficient (Wildman–Crippen LogP) is 12.4. The van der Waals surface area contributed by atoms with Crippen LogP contribution in [0.25, 0.3) is 101 Å². The third-order valence-corrected chi connectivity index (χ3v) is 10.4. The van der Waals surface area contributed by atoms with Crippen LogP contribution in [0.2, 0.25) is 0 Å². The second-order valence-electron chi connectivity index (χ2n) is 14.2. The molecular weight excluding hydrogens is 735 g/mol. The summed E-state index contributed by atoms with van der Waals surface area (Å²) in [6.07, 6.45) is 0. The minimum absolute atomic E-state index is 0.533. The molecule has 60 heavy (non-hydrogen) atoms. The average molecular weight is 768 g/mol. The highest BCUT2D eigenvalue weighted by molar-refractivity contribution is 6.02. The molecule has 0 radical (unpaired) electrons. The van der Waals surface area contributed by atoms with Crippen molar-refractivity contribution in [1.82, 2.24) is 29.9 Å². The van der Waals surface area contributed by atoms with Crippen LogP contribution in [-0.4, -0.2) is 29.9 Å². The molecule has 0 bridgehead atoms. The zero-order valence-electron chi connectivity index (χ0n) is 32.2. The lowest BCUT2D eigenvalue weighted by atomic mass is 9.86. The number of nitrogens with zero attached hydrogens (tertiary/aromatic N) is 7. The molecule has 0 atom stereocenters. The van der Waals surface area contributed by atoms with Gasteiger partial charge in [-0.1, -0.05) is 182 Å². The van der Waals surface area contributed by atoms with Crippen molar-refractivity contribution in [2.45, 2.75) is 0 Å². The zero-order valence-corrected chi connectivity index (χ0v) is 32.2. The molecule has 280 valence electrons. The number of rotatable bonds is 8. The number of hydrogen-bond acceptors (Lipinski definition) is 7. The van der Waals surface area contributed by atoms with Crippen molar-refractivity contribution in [1.29, 1.82) is 5.26 Å². The summed E-state index contributed by atoms with van der Waals surface area (Å²) >= 11 is 0. The standard InChI is InChI=1S/C53H33N7/c54-34-46-44-30-14-13-25-40(44)33-45(39-26-15-28-42(31-39)52-57-48(35-17-5-1-6-18-35)55-49(58-52)36-19-7-2-8-20-36)47(46)41-27-16-29-43(32-41)53-59-50(37-21-9-3-10-22-37)56-51(60-53)38-23-11-4-12-24-38/h1-33H. The summed E-state index contributed by atoms with van der Waals surface area (Å²) in [7, 11) is 0. The molecule has 7 heteroatoms. The van der Waals surface area contributed by atoms with Crippen LogP contribution in [0.15, 0.2) is 200 Å². The van der Waals surface area contributed by atoms with Crippen molar-refractivity contribution in [3.63, 3.8) is 0 Å². The molecule has 10 aromatic rings. The maximum absolute atomic E-state index is 11.0. The van der Waals surface area contributed by atoms with Gasteiger partial charge in [-0.2, -0.15) is 5.26 Å². The first kappa shape index (κ1) is 35.9. The van der Waals surface area contributed by atoms with Crippen molar-refractivity contribution in [2.75, 3.05) is 0 Å². The molecule has 0 amide bonds. The second kappa shape index (κ2) is 15.8. The van der Waals surface area contributed by atoms with Crippen LogP contribution in [0, 0.1) is 11.3 Å². The van der Waals surface area contributed by atoms with Gasteiger partial charge in [-0.15, -0.1) is 0 Å². The predicted molar refractivity (Wildman–Crippen MR) is 239 cm³/mol. The number of benzene rings is 8. The van der Waals surface area contributed by atoms with Crippen LogP contribution in [0.3, 0.4) is 0 Å². The molecule has 0 aliphatic rings. The van der Waals surface area contributed by atoms with E-state index in [9.17, 15) is 5.26 Å². The van der Waals surface area contributed by atoms with Gasteiger partial charge >= 0.3 is 0 Å². The lowest BCUT2D eigenvalue weighted by Gasteiger charge is -2.17. The fraction of sp³-hybridized carbons (Fsp3) is 0. The Morgan fingerprint density at radius 1 is 0.300 bits per heavy atom. The SMILES string of the molecule is N#Cc1c(-c2cccc(-c3nc(-c4ccccc4)nc(-c4ccccc4)n3)c2)c(-c2cccc(-c3nc(-c4ccccc4)nc(-c4ccccc4)n3)c2)cc2ccccc12. The third kappa shape index (κ3) is 7.06. The molecule has 8 aromatic carbocycles. The van der Waals surface area contributed by atoms with Gasteiger partial charge in [0.1, 0.15) is 6.07 Å². The van der Waals surface area contributed by atoms with Gasteiger partial charge in [0.2, 0.25) is 0 Å². The van der Waals surface area contributed by atoms with Crippen molar-refractivity contribution in [3.05, 3.63) is 206 Å². The van der Waals surface area contributed by atoms with Gasteiger partial charge in [-0.05, 0) is 40.3 Å². The maximum Gasteiger partial charge on any atom is 0.164 e. The number of hydrogen-bond donors (Lipinski definition) is 0. The van der Waals surface area contributed by atoms with Crippen molar-refractivity contribution >= 4 is 10.8 Å². The van der Waals surface area contributed by atoms with Crippen LogP contribution < -0.4 is 0 Å². The summed E-state index contributed by atoms with van der Waals surface area (Å²) < 4.78 is 0. The Kier molecular flexibility index (Phi) is 9.47. The maximum atomic E-state index is 11.0. The quantitative estimate of drug-likeness (QED) is 0.152. The first-order valence-electron chi connectivity index (χ1n) is 19.6. The second-order valence-corrected chi connectivity index (χ2v) is 14.2. The molecule has 0 spiro atoms. The van der Waals surface area contributed by atoms with Gasteiger partial charge in [0.25, 0.3) is 0 Å². The Labute approximate surface area is 347 Å². The Morgan fingerprint density at radius 3 is 1.07 bits per heavy atom. The Balaban J connectivity index is 1.15. The van der Waals surface area contributed by atoms with Gasteiger partial charge in [-0.25, -0.2) is 29.9 Å². The van der Waals surface area contributed by atoms with Crippen LogP contribution in [-0.2, 0) is 0 Å². The van der Waals surface area contributed by atoms with E-state index >= 15 is 0 Å². The highest BCUT2D eigenvalue weighted by atomic mass is 15.0. The minimum Gasteiger partial charge on any atom is -0.208 e. The first-order chi connectivity index (χ1) is 29.7. The lowest BCUT2D eigenvalue weighted by Crippen LogP contribution is -2.01. The lowest BCUT2D eigenvalue weighted by molar-refractivity contribution is 1.07. The fourth-order valence-electron chi connectivity index (χ4n) is 7.51. The normalized spacial score (nSPS) is 11.0. The summed E-state index contributed by atoms with van der Waals surface area (Å²) in [5, 5.41) is 12.8. The highest BCUT2D eigenvalue weighted by Crippen LogP contribution is 2.41. The first-order valence-corrected chi connectivity index (χ1v) is 19.6. The van der Waals surface area contributed by atoms with Crippen molar-refractivity contribution in [3.8, 4) is 96.7 Å². The number of aromatic nitrogens is 6. The third-order valence-electron chi connectivity index (χ3n) is 10.4. The molecule has 0 aliphatic carbocycles. The molecule has 0 N–H and O–H groups in total. The van der Waals surface area contributed by atoms with E-state index in [1.54, 1.807) is 0 Å². The Hall–Kier alpha value is -8.47. The number of nitriles is 1. The van der Waals surface area contributed by atoms with Crippen LogP contribution in [0.5, 0.6) is 0 Å². The fourth-order valence-corrected chi connectivity index (χ4v) is 7.51. The number of fused-ring (bicyclic) bond motifs is 1. The van der Waals surface area contributed by atoms with Gasteiger partial charge in [0.15, 0.2) is 34.9 Å². The molecule has 0 aliphatic heterocycles. The smallest absolute Gasteiger partial charge is 0.164 e. The van der Waals surface area contributed by atoms with E-state index in [2.05, 4.69) is 36.4 Å². The van der Waals surface area contributed by atoms with E-state index in [0.717, 1.165) is 66.4 Å². The van der Waals surface area contributed by atoms with Crippen molar-refractivity contribution < 1.29 is 0 Å². The van der Waals surface area contributed by atoms with E-state index in [0.29, 0.717) is 40.5 Å². The molecule has 2 heterocycles. The summed E-state index contributed by atoms with van der Waals surface area (Å²) in [4.78, 5) is 29.8. The van der Waals surface area contributed by atoms with E-state index in [1.165, 1.54) is 0 Å². The van der Waals surface area contributed by atoms with E-state index in [-0.39, 0.29) is 0 Å². The van der Waals surface area contributed by atoms with Gasteiger partial charge in [0.05, 0.1) is 5.56 Å². The van der Waals surface area contributed by atoms with E-state index in [4.69, 9.17) is 29.9 Å². The molecule has 0 saturated carbocycles. The molecule has 2 aromatic heterocycles. The summed E-state index contributed by atoms with van der Waals surface area (Å²) in [6.45, 7) is 0. The minimum atomic E-state index is 0.533. The van der Waals surface area contributed by atoms with Gasteiger partial charge in [0, 0.05) is 44.3 Å². The van der Waals surface area contributed by atoms with Crippen molar-refractivity contribution in [2.24, 2.45) is 0 Å². The Morgan fingerprint density at radius 2 is 0.633 bits per heavy atom. The molecule has 0 fully saturated rings. The Bertz CT molecular complexity index is 3090. The molecule has 0 saturated heterocycles. The molecule has 7 nitrogen and oxygen atoms in total. The van der Waals surface area contributed by atoms with Crippen LogP contribution >= 0.6 is 0 Å². The van der Waals surface area contributed by atoms with E-state index < -0.39 is 0 Å². The summed E-state index contributed by atoms with van der Waals surface area (Å²) in [6, 6.07) is 68.9. The van der Waals surface area contributed by atoms with Gasteiger partial charge < -0.3 is 0 Å².